The Hall–Kier alpha value is -1.32. The highest BCUT2D eigenvalue weighted by atomic mass is 16.5. The minimum atomic E-state index is -0.750. The quantitative estimate of drug-likeness (QED) is 0.812. The van der Waals surface area contributed by atoms with E-state index in [0.717, 1.165) is 12.8 Å². The fourth-order valence-electron chi connectivity index (χ4n) is 4.79. The molecule has 2 fully saturated rings. The minimum absolute atomic E-state index is 0.0390. The van der Waals surface area contributed by atoms with E-state index in [-0.39, 0.29) is 23.5 Å². The molecule has 3 rings (SSSR count). The van der Waals surface area contributed by atoms with Gasteiger partial charge in [-0.15, -0.1) is 0 Å². The summed E-state index contributed by atoms with van der Waals surface area (Å²) in [5.74, 6) is -0.104. The zero-order valence-corrected chi connectivity index (χ0v) is 10.7. The van der Waals surface area contributed by atoms with Crippen molar-refractivity contribution in [2.24, 2.45) is 29.1 Å². The van der Waals surface area contributed by atoms with Gasteiger partial charge in [-0.1, -0.05) is 6.92 Å². The number of carbonyl (C=O) groups excluding carboxylic acids is 1. The van der Waals surface area contributed by atoms with Gasteiger partial charge in [-0.05, 0) is 30.6 Å². The van der Waals surface area contributed by atoms with E-state index in [2.05, 4.69) is 6.92 Å². The van der Waals surface area contributed by atoms with E-state index in [1.807, 2.05) is 0 Å². The largest absolute Gasteiger partial charge is 0.501 e. The SMILES string of the molecule is COC1=CC(=O)[C@]23[C@@H](C)CC[C@H]2[C@H](C(=O)O)[C@@H]3C1. The van der Waals surface area contributed by atoms with Crippen LogP contribution in [0, 0.1) is 29.1 Å². The summed E-state index contributed by atoms with van der Waals surface area (Å²) < 4.78 is 5.17. The van der Waals surface area contributed by atoms with E-state index in [1.54, 1.807) is 13.2 Å². The average molecular weight is 250 g/mol. The normalized spacial score (nSPS) is 45.7. The van der Waals surface area contributed by atoms with Crippen LogP contribution in [0.2, 0.25) is 0 Å². The van der Waals surface area contributed by atoms with Gasteiger partial charge in [-0.3, -0.25) is 9.59 Å². The molecule has 0 unspecified atom stereocenters. The van der Waals surface area contributed by atoms with Crippen LogP contribution in [0.15, 0.2) is 11.8 Å². The molecule has 3 aliphatic rings. The van der Waals surface area contributed by atoms with Gasteiger partial charge in [0.15, 0.2) is 5.78 Å². The Balaban J connectivity index is 2.04. The Bertz CT molecular complexity index is 453. The lowest BCUT2D eigenvalue weighted by molar-refractivity contribution is -0.184. The van der Waals surface area contributed by atoms with Crippen LogP contribution in [-0.2, 0) is 14.3 Å². The van der Waals surface area contributed by atoms with Crippen molar-refractivity contribution < 1.29 is 19.4 Å². The van der Waals surface area contributed by atoms with Crippen LogP contribution in [-0.4, -0.2) is 24.0 Å². The lowest BCUT2D eigenvalue weighted by Crippen LogP contribution is -2.64. The first-order valence-corrected chi connectivity index (χ1v) is 6.55. The van der Waals surface area contributed by atoms with Gasteiger partial charge in [-0.2, -0.15) is 0 Å². The Morgan fingerprint density at radius 1 is 1.44 bits per heavy atom. The van der Waals surface area contributed by atoms with Crippen LogP contribution in [0.25, 0.3) is 0 Å². The van der Waals surface area contributed by atoms with Crippen LogP contribution in [0.3, 0.4) is 0 Å². The maximum absolute atomic E-state index is 12.5. The molecule has 2 saturated carbocycles. The van der Waals surface area contributed by atoms with Crippen molar-refractivity contribution in [2.75, 3.05) is 7.11 Å². The van der Waals surface area contributed by atoms with Gasteiger partial charge in [0.25, 0.3) is 0 Å². The number of aliphatic carboxylic acids is 1. The molecule has 5 atom stereocenters. The first-order chi connectivity index (χ1) is 8.53. The summed E-state index contributed by atoms with van der Waals surface area (Å²) in [6.45, 7) is 2.09. The Kier molecular flexibility index (Phi) is 2.34. The second kappa shape index (κ2) is 3.59. The average Bonchev–Trinajstić information content (AvgIpc) is 2.55. The van der Waals surface area contributed by atoms with E-state index in [0.29, 0.717) is 18.1 Å². The predicted molar refractivity (Wildman–Crippen MR) is 63.7 cm³/mol. The third-order valence-electron chi connectivity index (χ3n) is 5.51. The molecule has 0 saturated heterocycles. The summed E-state index contributed by atoms with van der Waals surface area (Å²) in [6, 6.07) is 0. The third kappa shape index (κ3) is 1.11. The van der Waals surface area contributed by atoms with Crippen molar-refractivity contribution in [3.05, 3.63) is 11.8 Å². The van der Waals surface area contributed by atoms with E-state index < -0.39 is 11.4 Å². The number of allylic oxidation sites excluding steroid dienone is 2. The second-order valence-corrected chi connectivity index (χ2v) is 5.87. The lowest BCUT2D eigenvalue weighted by Gasteiger charge is -2.59. The van der Waals surface area contributed by atoms with Gasteiger partial charge in [0.1, 0.15) is 0 Å². The Morgan fingerprint density at radius 2 is 2.17 bits per heavy atom. The molecule has 98 valence electrons. The van der Waals surface area contributed by atoms with Crippen LogP contribution < -0.4 is 0 Å². The number of ketones is 1. The molecule has 4 heteroatoms. The van der Waals surface area contributed by atoms with Crippen LogP contribution >= 0.6 is 0 Å². The summed E-state index contributed by atoms with van der Waals surface area (Å²) in [5, 5.41) is 9.38. The summed E-state index contributed by atoms with van der Waals surface area (Å²) in [7, 11) is 1.54. The fourth-order valence-corrected chi connectivity index (χ4v) is 4.79. The second-order valence-electron chi connectivity index (χ2n) is 5.87. The fraction of sp³-hybridized carbons (Fsp3) is 0.714. The highest BCUT2D eigenvalue weighted by molar-refractivity contribution is 5.99. The maximum Gasteiger partial charge on any atom is 0.307 e. The smallest absolute Gasteiger partial charge is 0.307 e. The molecule has 0 bridgehead atoms. The first-order valence-electron chi connectivity index (χ1n) is 6.55. The molecular weight excluding hydrogens is 232 g/mol. The molecule has 1 spiro atoms. The molecule has 0 amide bonds. The van der Waals surface area contributed by atoms with Gasteiger partial charge in [0.2, 0.25) is 0 Å². The number of carboxylic acid groups (broad SMARTS) is 1. The minimum Gasteiger partial charge on any atom is -0.501 e. The molecule has 0 aliphatic heterocycles. The number of rotatable bonds is 2. The van der Waals surface area contributed by atoms with Crippen LogP contribution in [0.4, 0.5) is 0 Å². The molecule has 1 N–H and O–H groups in total. The van der Waals surface area contributed by atoms with Crippen molar-refractivity contribution in [1.82, 2.24) is 0 Å². The molecule has 0 heterocycles. The van der Waals surface area contributed by atoms with Crippen molar-refractivity contribution in [1.29, 1.82) is 0 Å². The molecule has 4 nitrogen and oxygen atoms in total. The molecule has 0 aromatic rings. The van der Waals surface area contributed by atoms with Crippen molar-refractivity contribution >= 4 is 11.8 Å². The van der Waals surface area contributed by atoms with Crippen molar-refractivity contribution in [2.45, 2.75) is 26.2 Å². The number of carbonyl (C=O) groups is 2. The van der Waals surface area contributed by atoms with E-state index in [1.165, 1.54) is 0 Å². The van der Waals surface area contributed by atoms with Gasteiger partial charge in [-0.25, -0.2) is 0 Å². The Morgan fingerprint density at radius 3 is 2.78 bits per heavy atom. The van der Waals surface area contributed by atoms with Gasteiger partial charge in [0, 0.05) is 17.9 Å². The van der Waals surface area contributed by atoms with Gasteiger partial charge < -0.3 is 9.84 Å². The van der Waals surface area contributed by atoms with Crippen molar-refractivity contribution in [3.8, 4) is 0 Å². The van der Waals surface area contributed by atoms with Crippen LogP contribution in [0.1, 0.15) is 26.2 Å². The van der Waals surface area contributed by atoms with Crippen LogP contribution in [0.5, 0.6) is 0 Å². The predicted octanol–water partition coefficient (Wildman–Crippen LogP) is 1.85. The summed E-state index contributed by atoms with van der Waals surface area (Å²) in [6.07, 6.45) is 4.03. The van der Waals surface area contributed by atoms with E-state index in [4.69, 9.17) is 4.74 Å². The molecular formula is C14H18O4. The molecule has 0 aromatic heterocycles. The molecule has 0 radical (unpaired) electrons. The summed E-state index contributed by atoms with van der Waals surface area (Å²) >= 11 is 0. The van der Waals surface area contributed by atoms with Gasteiger partial charge >= 0.3 is 5.97 Å². The standard InChI is InChI=1S/C14H18O4/c1-7-3-4-9-12(13(16)17)10-5-8(18-2)6-11(15)14(7,9)10/h6-7,9-10,12H,3-5H2,1-2H3,(H,16,17)/t7-,9-,10-,12-,14+/m0/s1. The summed E-state index contributed by atoms with van der Waals surface area (Å²) in [5.41, 5.74) is -0.398. The monoisotopic (exact) mass is 250 g/mol. The summed E-state index contributed by atoms with van der Waals surface area (Å²) in [4.78, 5) is 23.9. The number of hydrogen-bond acceptors (Lipinski definition) is 3. The first kappa shape index (κ1) is 11.8. The highest BCUT2D eigenvalue weighted by Gasteiger charge is 2.72. The third-order valence-corrected chi connectivity index (χ3v) is 5.51. The number of methoxy groups -OCH3 is 1. The zero-order valence-electron chi connectivity index (χ0n) is 10.7. The molecule has 18 heavy (non-hydrogen) atoms. The zero-order chi connectivity index (χ0) is 13.1. The topological polar surface area (TPSA) is 63.6 Å². The number of ether oxygens (including phenoxy) is 1. The number of hydrogen-bond donors (Lipinski definition) is 1. The Labute approximate surface area is 106 Å². The maximum atomic E-state index is 12.5. The highest BCUT2D eigenvalue weighted by Crippen LogP contribution is 2.70. The van der Waals surface area contributed by atoms with E-state index in [9.17, 15) is 14.7 Å². The molecule has 0 aromatic carbocycles. The molecule has 3 aliphatic carbocycles. The van der Waals surface area contributed by atoms with E-state index >= 15 is 0 Å². The lowest BCUT2D eigenvalue weighted by atomic mass is 9.42. The van der Waals surface area contributed by atoms with Crippen molar-refractivity contribution in [3.63, 3.8) is 0 Å². The van der Waals surface area contributed by atoms with Gasteiger partial charge in [0.05, 0.1) is 18.8 Å². The number of carboxylic acids is 1.